The van der Waals surface area contributed by atoms with E-state index in [1.54, 1.807) is 26.0 Å². The van der Waals surface area contributed by atoms with Crippen LogP contribution in [-0.4, -0.2) is 23.1 Å². The summed E-state index contributed by atoms with van der Waals surface area (Å²) in [6.07, 6.45) is 0. The van der Waals surface area contributed by atoms with Gasteiger partial charge in [0.05, 0.1) is 22.9 Å². The van der Waals surface area contributed by atoms with E-state index in [0.717, 1.165) is 5.56 Å². The maximum atomic E-state index is 11.5. The van der Waals surface area contributed by atoms with E-state index in [1.807, 2.05) is 0 Å². The average molecular weight is 330 g/mol. The Hall–Kier alpha value is -1.93. The zero-order chi connectivity index (χ0) is 15.8. The van der Waals surface area contributed by atoms with Gasteiger partial charge in [0.2, 0.25) is 0 Å². The first-order valence-corrected chi connectivity index (χ1v) is 8.23. The molecule has 0 atom stereocenters. The number of benzene rings is 1. The second-order valence-corrected chi connectivity index (χ2v) is 7.02. The molecule has 1 heterocycles. The van der Waals surface area contributed by atoms with Gasteiger partial charge in [0, 0.05) is 22.8 Å². The summed E-state index contributed by atoms with van der Waals surface area (Å²) in [6.45, 7) is 3.48. The predicted octanol–water partition coefficient (Wildman–Crippen LogP) is 2.38. The number of nitro benzene ring substituents is 1. The Bertz CT molecular complexity index is 797. The van der Waals surface area contributed by atoms with Crippen molar-refractivity contribution in [3.05, 3.63) is 51.3 Å². The largest absolute Gasteiger partial charge is 0.269 e. The molecule has 1 aromatic carbocycles. The minimum Gasteiger partial charge on any atom is -0.264 e. The number of non-ortho nitro benzene ring substituents is 1. The number of nitrogens with zero attached hydrogens (tertiary/aromatic N) is 3. The first kappa shape index (κ1) is 15.5. The van der Waals surface area contributed by atoms with Crippen LogP contribution in [0.3, 0.4) is 0 Å². The molecule has 0 fully saturated rings. The lowest BCUT2D eigenvalue weighted by molar-refractivity contribution is -0.384. The molecule has 0 saturated carbocycles. The number of aryl methyl sites for hydroxylation is 1. The third kappa shape index (κ3) is 3.22. The second kappa shape index (κ2) is 5.45. The summed E-state index contributed by atoms with van der Waals surface area (Å²) in [5.41, 5.74) is 1.52. The lowest BCUT2D eigenvalue weighted by Gasteiger charge is -2.05. The number of hydrogen-bond donors (Lipinski definition) is 0. The van der Waals surface area contributed by atoms with Crippen molar-refractivity contribution in [2.45, 2.75) is 25.3 Å². The summed E-state index contributed by atoms with van der Waals surface area (Å²) in [4.78, 5) is 10.1. The smallest absolute Gasteiger partial charge is 0.264 e. The normalized spacial score (nSPS) is 11.6. The molecule has 9 heteroatoms. The number of halogens is 1. The summed E-state index contributed by atoms with van der Waals surface area (Å²) < 4.78 is 24.5. The fraction of sp³-hybridized carbons (Fsp3) is 0.250. The van der Waals surface area contributed by atoms with E-state index >= 15 is 0 Å². The molecule has 0 spiro atoms. The summed E-state index contributed by atoms with van der Waals surface area (Å²) in [6, 6.07) is 5.98. The van der Waals surface area contributed by atoms with E-state index < -0.39 is 14.0 Å². The van der Waals surface area contributed by atoms with Gasteiger partial charge in [-0.15, -0.1) is 0 Å². The Labute approximate surface area is 125 Å². The molecule has 112 valence electrons. The Kier molecular flexibility index (Phi) is 4.02. The topological polar surface area (TPSA) is 95.1 Å². The zero-order valence-electron chi connectivity index (χ0n) is 11.3. The first-order chi connectivity index (χ1) is 9.70. The molecule has 2 rings (SSSR count). The van der Waals surface area contributed by atoms with Crippen molar-refractivity contribution in [3.8, 4) is 0 Å². The van der Waals surface area contributed by atoms with Crippen molar-refractivity contribution < 1.29 is 13.3 Å². The second-order valence-electron chi connectivity index (χ2n) is 4.52. The van der Waals surface area contributed by atoms with Crippen LogP contribution in [0, 0.1) is 24.0 Å². The van der Waals surface area contributed by atoms with E-state index in [0.29, 0.717) is 17.9 Å². The van der Waals surface area contributed by atoms with Crippen LogP contribution in [0.5, 0.6) is 0 Å². The van der Waals surface area contributed by atoms with Gasteiger partial charge < -0.3 is 0 Å². The van der Waals surface area contributed by atoms with Crippen LogP contribution in [0.25, 0.3) is 0 Å². The number of aromatic nitrogens is 2. The van der Waals surface area contributed by atoms with Crippen molar-refractivity contribution in [2.75, 3.05) is 0 Å². The van der Waals surface area contributed by atoms with Crippen LogP contribution in [-0.2, 0) is 15.6 Å². The van der Waals surface area contributed by atoms with E-state index in [1.165, 1.54) is 16.8 Å². The standard InChI is InChI=1S/C12H12ClN3O4S/c1-8-12(21(13,19)20)9(2)15(14-8)7-10-3-5-11(6-4-10)16(17)18/h3-6H,7H2,1-2H3. The van der Waals surface area contributed by atoms with E-state index in [2.05, 4.69) is 5.10 Å². The molecule has 1 aromatic heterocycles. The molecule has 0 aliphatic rings. The first-order valence-electron chi connectivity index (χ1n) is 5.92. The van der Waals surface area contributed by atoms with Gasteiger partial charge in [-0.1, -0.05) is 12.1 Å². The average Bonchev–Trinajstić information content (AvgIpc) is 2.64. The summed E-state index contributed by atoms with van der Waals surface area (Å²) in [7, 11) is 1.53. The van der Waals surface area contributed by atoms with Crippen LogP contribution >= 0.6 is 10.7 Å². The molecule has 0 aliphatic carbocycles. The van der Waals surface area contributed by atoms with E-state index in [9.17, 15) is 18.5 Å². The third-order valence-electron chi connectivity index (χ3n) is 3.04. The molecule has 0 N–H and O–H groups in total. The van der Waals surface area contributed by atoms with Crippen molar-refractivity contribution in [1.29, 1.82) is 0 Å². The highest BCUT2D eigenvalue weighted by Gasteiger charge is 2.22. The quantitative estimate of drug-likeness (QED) is 0.487. The van der Waals surface area contributed by atoms with Crippen molar-refractivity contribution in [1.82, 2.24) is 9.78 Å². The fourth-order valence-electron chi connectivity index (χ4n) is 2.08. The van der Waals surface area contributed by atoms with Gasteiger partial charge in [0.15, 0.2) is 0 Å². The van der Waals surface area contributed by atoms with E-state index in [-0.39, 0.29) is 10.6 Å². The summed E-state index contributed by atoms with van der Waals surface area (Å²) in [5, 5.41) is 14.7. The number of rotatable bonds is 4. The Balaban J connectivity index is 2.35. The van der Waals surface area contributed by atoms with Gasteiger partial charge >= 0.3 is 0 Å². The third-order valence-corrected chi connectivity index (χ3v) is 4.58. The van der Waals surface area contributed by atoms with Gasteiger partial charge in [-0.2, -0.15) is 5.10 Å². The van der Waals surface area contributed by atoms with E-state index in [4.69, 9.17) is 10.7 Å². The minimum absolute atomic E-state index is 0.00357. The fourth-order valence-corrected chi connectivity index (χ4v) is 3.61. The highest BCUT2D eigenvalue weighted by molar-refractivity contribution is 8.13. The summed E-state index contributed by atoms with van der Waals surface area (Å²) in [5.74, 6) is 0. The van der Waals surface area contributed by atoms with Gasteiger partial charge in [0.1, 0.15) is 4.90 Å². The van der Waals surface area contributed by atoms with Crippen LogP contribution in [0.15, 0.2) is 29.2 Å². The highest BCUT2D eigenvalue weighted by atomic mass is 35.7. The Morgan fingerprint density at radius 3 is 2.29 bits per heavy atom. The number of hydrogen-bond acceptors (Lipinski definition) is 5. The van der Waals surface area contributed by atoms with Gasteiger partial charge in [0.25, 0.3) is 14.7 Å². The molecule has 0 bridgehead atoms. The zero-order valence-corrected chi connectivity index (χ0v) is 12.8. The lowest BCUT2D eigenvalue weighted by Crippen LogP contribution is -2.05. The Morgan fingerprint density at radius 2 is 1.86 bits per heavy atom. The highest BCUT2D eigenvalue weighted by Crippen LogP contribution is 2.24. The van der Waals surface area contributed by atoms with Crippen LogP contribution in [0.1, 0.15) is 17.0 Å². The van der Waals surface area contributed by atoms with Crippen molar-refractivity contribution >= 4 is 25.4 Å². The van der Waals surface area contributed by atoms with Crippen molar-refractivity contribution in [3.63, 3.8) is 0 Å². The predicted molar refractivity (Wildman–Crippen MR) is 76.9 cm³/mol. The molecule has 0 amide bonds. The van der Waals surface area contributed by atoms with Gasteiger partial charge in [-0.3, -0.25) is 14.8 Å². The van der Waals surface area contributed by atoms with Gasteiger partial charge in [-0.05, 0) is 19.4 Å². The molecule has 2 aromatic rings. The van der Waals surface area contributed by atoms with Gasteiger partial charge in [-0.25, -0.2) is 8.42 Å². The van der Waals surface area contributed by atoms with Crippen LogP contribution in [0.2, 0.25) is 0 Å². The molecule has 0 radical (unpaired) electrons. The summed E-state index contributed by atoms with van der Waals surface area (Å²) >= 11 is 0. The molecule has 0 unspecified atom stereocenters. The molecular weight excluding hydrogens is 318 g/mol. The molecular formula is C12H12ClN3O4S. The molecule has 0 saturated heterocycles. The minimum atomic E-state index is -3.85. The lowest BCUT2D eigenvalue weighted by atomic mass is 10.2. The molecule has 21 heavy (non-hydrogen) atoms. The van der Waals surface area contributed by atoms with Crippen LogP contribution < -0.4 is 0 Å². The molecule has 0 aliphatic heterocycles. The maximum absolute atomic E-state index is 11.5. The van der Waals surface area contributed by atoms with Crippen molar-refractivity contribution in [2.24, 2.45) is 0 Å². The SMILES string of the molecule is Cc1nn(Cc2ccc([N+](=O)[O-])cc2)c(C)c1S(=O)(=O)Cl. The monoisotopic (exact) mass is 329 g/mol. The molecule has 7 nitrogen and oxygen atoms in total. The Morgan fingerprint density at radius 1 is 1.29 bits per heavy atom. The maximum Gasteiger partial charge on any atom is 0.269 e. The number of nitro groups is 1. The van der Waals surface area contributed by atoms with Crippen LogP contribution in [0.4, 0.5) is 5.69 Å².